The van der Waals surface area contributed by atoms with Crippen molar-refractivity contribution in [3.8, 4) is 0 Å². The number of nitrogens with two attached hydrogens (primary N) is 1. The quantitative estimate of drug-likeness (QED) is 0.465. The van der Waals surface area contributed by atoms with E-state index in [1.54, 1.807) is 0 Å². The van der Waals surface area contributed by atoms with Crippen LogP contribution in [0.3, 0.4) is 0 Å². The van der Waals surface area contributed by atoms with Crippen LogP contribution in [0.25, 0.3) is 0 Å². The van der Waals surface area contributed by atoms with Crippen LogP contribution in [-0.4, -0.2) is 31.5 Å². The predicted molar refractivity (Wildman–Crippen MR) is 68.3 cm³/mol. The fourth-order valence-electron chi connectivity index (χ4n) is 2.37. The monoisotopic (exact) mass is 216 g/mol. The van der Waals surface area contributed by atoms with Gasteiger partial charge in [-0.05, 0) is 49.5 Å². The Balaban J connectivity index is 2.03. The maximum Gasteiger partial charge on any atom is 0.281 e. The van der Waals surface area contributed by atoms with E-state index in [0.29, 0.717) is 13.3 Å². The number of carbonyl (C=O) groups is 1. The molecule has 0 spiro atoms. The minimum absolute atomic E-state index is 0.550. The first-order chi connectivity index (χ1) is 7.79. The molecule has 0 bridgehead atoms. The fourth-order valence-corrected chi connectivity index (χ4v) is 2.37. The minimum Gasteiger partial charge on any atom is -0.399 e. The number of carbonyl (C=O) groups excluding carboxylic acids is 1. The third kappa shape index (κ3) is 2.64. The Kier molecular flexibility index (Phi) is 3.62. The van der Waals surface area contributed by atoms with E-state index in [-0.39, 0.29) is 0 Å². The number of benzene rings is 1. The topological polar surface area (TPSA) is 46.3 Å². The summed E-state index contributed by atoms with van der Waals surface area (Å²) < 4.78 is 0. The number of nitrogen functional groups attached to an aromatic ring is 1. The third-order valence-electron chi connectivity index (χ3n) is 3.25. The van der Waals surface area contributed by atoms with Gasteiger partial charge in [-0.1, -0.05) is 12.1 Å². The molecule has 2 N–H and O–H groups in total. The average molecular weight is 216 g/mol. The molecule has 0 aliphatic carbocycles. The summed E-state index contributed by atoms with van der Waals surface area (Å²) in [4.78, 5) is 12.7. The predicted octanol–water partition coefficient (Wildman–Crippen LogP) is 0.990. The van der Waals surface area contributed by atoms with Crippen LogP contribution in [0.4, 0.5) is 5.69 Å². The lowest BCUT2D eigenvalue weighted by Gasteiger charge is -2.31. The first kappa shape index (κ1) is 11.2. The molecule has 1 unspecified atom stereocenters. The average Bonchev–Trinajstić information content (AvgIpc) is 2.31. The van der Waals surface area contributed by atoms with Crippen molar-refractivity contribution in [2.75, 3.05) is 18.8 Å². The van der Waals surface area contributed by atoms with Crippen molar-refractivity contribution >= 4 is 19.3 Å². The Hall–Kier alpha value is -1.29. The Morgan fingerprint density at radius 3 is 2.81 bits per heavy atom. The van der Waals surface area contributed by atoms with Gasteiger partial charge in [0.25, 0.3) is 7.41 Å². The molecule has 1 saturated heterocycles. The molecule has 1 heterocycles. The lowest BCUT2D eigenvalue weighted by molar-refractivity contribution is 0.327. The molecule has 1 aromatic rings. The van der Waals surface area contributed by atoms with Crippen LogP contribution >= 0.6 is 0 Å². The van der Waals surface area contributed by atoms with Gasteiger partial charge in [0, 0.05) is 5.69 Å². The van der Waals surface area contributed by atoms with Gasteiger partial charge in [-0.3, -0.25) is 0 Å². The van der Waals surface area contributed by atoms with Gasteiger partial charge >= 0.3 is 0 Å². The number of piperidine rings is 1. The van der Waals surface area contributed by atoms with Crippen molar-refractivity contribution in [2.45, 2.75) is 18.8 Å². The lowest BCUT2D eigenvalue weighted by atomic mass is 9.84. The molecule has 3 nitrogen and oxygen atoms in total. The molecule has 0 saturated carbocycles. The molecule has 16 heavy (non-hydrogen) atoms. The first-order valence-corrected chi connectivity index (χ1v) is 5.81. The lowest BCUT2D eigenvalue weighted by Crippen LogP contribution is -2.37. The van der Waals surface area contributed by atoms with Crippen molar-refractivity contribution in [1.29, 1.82) is 0 Å². The SMILES string of the molecule is Nc1ccc(C2CCCN(BC=O)C2)cc1. The van der Waals surface area contributed by atoms with Crippen LogP contribution in [0, 0.1) is 0 Å². The highest BCUT2D eigenvalue weighted by molar-refractivity contribution is 6.64. The summed E-state index contributed by atoms with van der Waals surface area (Å²) in [5.41, 5.74) is 7.82. The van der Waals surface area contributed by atoms with Gasteiger partial charge in [0.05, 0.1) is 6.19 Å². The Bertz CT molecular complexity index is 353. The molecule has 0 radical (unpaired) electrons. The summed E-state index contributed by atoms with van der Waals surface area (Å²) in [5, 5.41) is 0. The van der Waals surface area contributed by atoms with E-state index in [9.17, 15) is 4.79 Å². The zero-order chi connectivity index (χ0) is 11.4. The summed E-state index contributed by atoms with van der Waals surface area (Å²) in [7, 11) is 0.561. The second kappa shape index (κ2) is 5.17. The number of rotatable bonds is 3. The van der Waals surface area contributed by atoms with Gasteiger partial charge in [-0.2, -0.15) is 0 Å². The van der Waals surface area contributed by atoms with E-state index in [2.05, 4.69) is 16.9 Å². The number of nitrogens with zero attached hydrogens (tertiary/aromatic N) is 1. The first-order valence-electron chi connectivity index (χ1n) is 5.81. The highest BCUT2D eigenvalue weighted by Crippen LogP contribution is 2.26. The molecule has 1 atom stereocenters. The van der Waals surface area contributed by atoms with E-state index in [4.69, 9.17) is 5.73 Å². The van der Waals surface area contributed by atoms with E-state index in [0.717, 1.165) is 25.0 Å². The summed E-state index contributed by atoms with van der Waals surface area (Å²) in [5.74, 6) is 0.550. The van der Waals surface area contributed by atoms with Gasteiger partial charge in [0.15, 0.2) is 0 Å². The molecule has 0 aromatic heterocycles. The Morgan fingerprint density at radius 1 is 1.38 bits per heavy atom. The van der Waals surface area contributed by atoms with Crippen molar-refractivity contribution < 1.29 is 4.79 Å². The fraction of sp³-hybridized carbons (Fsp3) is 0.417. The number of hydrogen-bond acceptors (Lipinski definition) is 3. The normalized spacial score (nSPS) is 21.6. The van der Waals surface area contributed by atoms with Crippen molar-refractivity contribution in [3.05, 3.63) is 29.8 Å². The van der Waals surface area contributed by atoms with Gasteiger partial charge < -0.3 is 15.3 Å². The highest BCUT2D eigenvalue weighted by Gasteiger charge is 2.20. The van der Waals surface area contributed by atoms with Gasteiger partial charge in [-0.15, -0.1) is 0 Å². The molecule has 2 rings (SSSR count). The largest absolute Gasteiger partial charge is 0.399 e. The van der Waals surface area contributed by atoms with Crippen LogP contribution in [0.2, 0.25) is 0 Å². The van der Waals surface area contributed by atoms with Gasteiger partial charge in [0.1, 0.15) is 0 Å². The molecule has 1 aromatic carbocycles. The van der Waals surface area contributed by atoms with Crippen LogP contribution in [0.5, 0.6) is 0 Å². The van der Waals surface area contributed by atoms with Crippen molar-refractivity contribution in [3.63, 3.8) is 0 Å². The third-order valence-corrected chi connectivity index (χ3v) is 3.25. The van der Waals surface area contributed by atoms with E-state index in [1.165, 1.54) is 18.4 Å². The van der Waals surface area contributed by atoms with Crippen LogP contribution in [0.1, 0.15) is 24.3 Å². The molecule has 1 aliphatic rings. The molecular weight excluding hydrogens is 199 g/mol. The van der Waals surface area contributed by atoms with Crippen LogP contribution in [-0.2, 0) is 4.79 Å². The number of hydrogen-bond donors (Lipinski definition) is 1. The maximum absolute atomic E-state index is 10.5. The Labute approximate surface area is 96.9 Å². The second-order valence-corrected chi connectivity index (χ2v) is 4.43. The molecule has 0 amide bonds. The zero-order valence-corrected chi connectivity index (χ0v) is 9.43. The van der Waals surface area contributed by atoms with Gasteiger partial charge in [0.2, 0.25) is 0 Å². The maximum atomic E-state index is 10.5. The smallest absolute Gasteiger partial charge is 0.281 e. The van der Waals surface area contributed by atoms with Crippen molar-refractivity contribution in [1.82, 2.24) is 4.81 Å². The van der Waals surface area contributed by atoms with Crippen LogP contribution in [0.15, 0.2) is 24.3 Å². The molecule has 1 aliphatic heterocycles. The molecule has 4 heteroatoms. The highest BCUT2D eigenvalue weighted by atomic mass is 16.1. The molecule has 84 valence electrons. The van der Waals surface area contributed by atoms with E-state index < -0.39 is 0 Å². The second-order valence-electron chi connectivity index (χ2n) is 4.43. The van der Waals surface area contributed by atoms with Crippen molar-refractivity contribution in [2.24, 2.45) is 0 Å². The summed E-state index contributed by atoms with van der Waals surface area (Å²) in [6.45, 7) is 2.03. The van der Waals surface area contributed by atoms with Crippen LogP contribution < -0.4 is 5.73 Å². The zero-order valence-electron chi connectivity index (χ0n) is 9.43. The minimum atomic E-state index is 0.550. The van der Waals surface area contributed by atoms with E-state index in [1.807, 2.05) is 12.1 Å². The molecule has 1 fully saturated rings. The van der Waals surface area contributed by atoms with Gasteiger partial charge in [-0.25, -0.2) is 0 Å². The summed E-state index contributed by atoms with van der Waals surface area (Å²) in [6, 6.07) is 8.11. The number of anilines is 1. The standard InChI is InChI=1S/C12H17BN2O/c14-12-5-3-10(4-6-12)11-2-1-7-15(8-11)13-9-16/h3-6,9,11,13H,1-2,7-8,14H2. The molecular formula is C12H17BN2O. The Morgan fingerprint density at radius 2 is 2.12 bits per heavy atom. The van der Waals surface area contributed by atoms with E-state index >= 15 is 0 Å². The summed E-state index contributed by atoms with van der Waals surface area (Å²) >= 11 is 0. The summed E-state index contributed by atoms with van der Waals surface area (Å²) in [6.07, 6.45) is 3.37.